The lowest BCUT2D eigenvalue weighted by molar-refractivity contribution is 1.48. The van der Waals surface area contributed by atoms with Gasteiger partial charge in [0.15, 0.2) is 0 Å². The van der Waals surface area contributed by atoms with Gasteiger partial charge < -0.3 is 0 Å². The fourth-order valence-corrected chi connectivity index (χ4v) is 2.38. The Morgan fingerprint density at radius 3 is 2.31 bits per heavy atom. The maximum atomic E-state index is 6.02. The number of thiophene rings is 1. The number of hydrogen-bond acceptors (Lipinski definition) is 1. The Morgan fingerprint density at radius 1 is 1.08 bits per heavy atom. The minimum Gasteiger partial charge on any atom is -0.142 e. The first-order chi connectivity index (χ1) is 6.27. The van der Waals surface area contributed by atoms with Crippen LogP contribution in [0.4, 0.5) is 0 Å². The maximum Gasteiger partial charge on any atom is 0.0592 e. The Balaban J connectivity index is 2.47. The maximum absolute atomic E-state index is 6.02. The molecule has 0 aliphatic heterocycles. The largest absolute Gasteiger partial charge is 0.142 e. The van der Waals surface area contributed by atoms with Gasteiger partial charge in [-0.1, -0.05) is 41.4 Å². The van der Waals surface area contributed by atoms with Gasteiger partial charge in [-0.25, -0.2) is 0 Å². The molecular formula is C11H9ClS. The van der Waals surface area contributed by atoms with Crippen LogP contribution in [0.5, 0.6) is 0 Å². The Kier molecular flexibility index (Phi) is 2.38. The summed E-state index contributed by atoms with van der Waals surface area (Å²) < 4.78 is 0. The summed E-state index contributed by atoms with van der Waals surface area (Å²) in [5.74, 6) is 0. The van der Waals surface area contributed by atoms with E-state index in [1.54, 1.807) is 11.3 Å². The molecule has 0 aliphatic carbocycles. The fraction of sp³-hybridized carbons (Fsp3) is 0.0909. The molecule has 66 valence electrons. The van der Waals surface area contributed by atoms with Crippen LogP contribution < -0.4 is 0 Å². The van der Waals surface area contributed by atoms with Crippen LogP contribution in [0.3, 0.4) is 0 Å². The van der Waals surface area contributed by atoms with Crippen molar-refractivity contribution in [1.82, 2.24) is 0 Å². The molecule has 2 aromatic rings. The van der Waals surface area contributed by atoms with E-state index in [1.165, 1.54) is 11.1 Å². The van der Waals surface area contributed by atoms with Gasteiger partial charge in [-0.3, -0.25) is 0 Å². The molecule has 0 nitrogen and oxygen atoms in total. The Hall–Kier alpha value is -0.790. The summed E-state index contributed by atoms with van der Waals surface area (Å²) in [4.78, 5) is 1.15. The Morgan fingerprint density at radius 2 is 1.77 bits per heavy atom. The van der Waals surface area contributed by atoms with Crippen LogP contribution in [-0.2, 0) is 0 Å². The third-order valence-corrected chi connectivity index (χ3v) is 3.32. The van der Waals surface area contributed by atoms with Gasteiger partial charge in [0.05, 0.1) is 9.90 Å². The van der Waals surface area contributed by atoms with Crippen molar-refractivity contribution in [2.75, 3.05) is 0 Å². The molecule has 1 aromatic heterocycles. The standard InChI is InChI=1S/C11H9ClS/c1-8-2-4-9(5-3-8)11-10(12)6-7-13-11/h2-7H,1H3. The number of benzene rings is 1. The third-order valence-electron chi connectivity index (χ3n) is 1.93. The van der Waals surface area contributed by atoms with E-state index in [1.807, 2.05) is 11.4 Å². The van der Waals surface area contributed by atoms with Crippen LogP contribution in [0.1, 0.15) is 5.56 Å². The van der Waals surface area contributed by atoms with E-state index in [4.69, 9.17) is 11.6 Å². The summed E-state index contributed by atoms with van der Waals surface area (Å²) in [5, 5.41) is 2.85. The topological polar surface area (TPSA) is 0 Å². The first-order valence-electron chi connectivity index (χ1n) is 4.07. The van der Waals surface area contributed by atoms with Crippen molar-refractivity contribution in [3.63, 3.8) is 0 Å². The summed E-state index contributed by atoms with van der Waals surface area (Å²) >= 11 is 7.70. The predicted octanol–water partition coefficient (Wildman–Crippen LogP) is 4.38. The van der Waals surface area contributed by atoms with Crippen molar-refractivity contribution < 1.29 is 0 Å². The zero-order valence-corrected chi connectivity index (χ0v) is 8.82. The highest BCUT2D eigenvalue weighted by Gasteiger charge is 2.03. The molecule has 0 radical (unpaired) electrons. The molecule has 2 heteroatoms. The Bertz CT molecular complexity index is 400. The highest BCUT2D eigenvalue weighted by atomic mass is 35.5. The lowest BCUT2D eigenvalue weighted by Gasteiger charge is -1.98. The van der Waals surface area contributed by atoms with Gasteiger partial charge in [-0.15, -0.1) is 11.3 Å². The molecule has 1 heterocycles. The molecule has 0 saturated carbocycles. The van der Waals surface area contributed by atoms with Crippen molar-refractivity contribution >= 4 is 22.9 Å². The van der Waals surface area contributed by atoms with Crippen molar-refractivity contribution in [3.05, 3.63) is 46.3 Å². The lowest BCUT2D eigenvalue weighted by atomic mass is 10.1. The monoisotopic (exact) mass is 208 g/mol. The molecule has 0 aliphatic rings. The SMILES string of the molecule is Cc1ccc(-c2sccc2Cl)cc1. The fourth-order valence-electron chi connectivity index (χ4n) is 1.20. The molecule has 0 bridgehead atoms. The van der Waals surface area contributed by atoms with Crippen LogP contribution >= 0.6 is 22.9 Å². The average Bonchev–Trinajstić information content (AvgIpc) is 2.53. The number of halogens is 1. The van der Waals surface area contributed by atoms with E-state index >= 15 is 0 Å². The second kappa shape index (κ2) is 3.52. The molecule has 1 aromatic carbocycles. The average molecular weight is 209 g/mol. The first kappa shape index (κ1) is 8.79. The minimum absolute atomic E-state index is 0.842. The third kappa shape index (κ3) is 1.77. The number of aryl methyl sites for hydroxylation is 1. The quantitative estimate of drug-likeness (QED) is 0.653. The highest BCUT2D eigenvalue weighted by molar-refractivity contribution is 7.14. The van der Waals surface area contributed by atoms with Crippen LogP contribution in [0.15, 0.2) is 35.7 Å². The molecule has 0 fully saturated rings. The Labute approximate surface area is 86.8 Å². The molecule has 0 N–H and O–H groups in total. The van der Waals surface area contributed by atoms with E-state index in [9.17, 15) is 0 Å². The van der Waals surface area contributed by atoms with Crippen molar-refractivity contribution in [2.45, 2.75) is 6.92 Å². The van der Waals surface area contributed by atoms with E-state index in [2.05, 4.69) is 31.2 Å². The highest BCUT2D eigenvalue weighted by Crippen LogP contribution is 2.32. The van der Waals surface area contributed by atoms with Gasteiger partial charge in [-0.05, 0) is 23.9 Å². The van der Waals surface area contributed by atoms with Gasteiger partial charge in [0.25, 0.3) is 0 Å². The van der Waals surface area contributed by atoms with Crippen LogP contribution in [-0.4, -0.2) is 0 Å². The number of hydrogen-bond donors (Lipinski definition) is 0. The second-order valence-corrected chi connectivity index (χ2v) is 4.29. The molecule has 13 heavy (non-hydrogen) atoms. The smallest absolute Gasteiger partial charge is 0.0592 e. The van der Waals surface area contributed by atoms with Gasteiger partial charge >= 0.3 is 0 Å². The summed E-state index contributed by atoms with van der Waals surface area (Å²) in [6, 6.07) is 10.3. The first-order valence-corrected chi connectivity index (χ1v) is 5.33. The second-order valence-electron chi connectivity index (χ2n) is 2.96. The van der Waals surface area contributed by atoms with Gasteiger partial charge in [0.2, 0.25) is 0 Å². The molecule has 0 spiro atoms. The summed E-state index contributed by atoms with van der Waals surface area (Å²) in [6.45, 7) is 2.08. The minimum atomic E-state index is 0.842. The van der Waals surface area contributed by atoms with Gasteiger partial charge in [-0.2, -0.15) is 0 Å². The summed E-state index contributed by atoms with van der Waals surface area (Å²) in [5.41, 5.74) is 2.47. The van der Waals surface area contributed by atoms with E-state index in [-0.39, 0.29) is 0 Å². The van der Waals surface area contributed by atoms with Crippen LogP contribution in [0, 0.1) is 6.92 Å². The zero-order chi connectivity index (χ0) is 9.26. The zero-order valence-electron chi connectivity index (χ0n) is 7.25. The van der Waals surface area contributed by atoms with Crippen LogP contribution in [0.2, 0.25) is 5.02 Å². The summed E-state index contributed by atoms with van der Waals surface area (Å²) in [7, 11) is 0. The normalized spacial score (nSPS) is 10.3. The number of rotatable bonds is 1. The molecule has 0 amide bonds. The lowest BCUT2D eigenvalue weighted by Crippen LogP contribution is -1.74. The van der Waals surface area contributed by atoms with E-state index < -0.39 is 0 Å². The van der Waals surface area contributed by atoms with Gasteiger partial charge in [0, 0.05) is 0 Å². The van der Waals surface area contributed by atoms with E-state index in [0.717, 1.165) is 9.90 Å². The molecule has 2 rings (SSSR count). The molecule has 0 saturated heterocycles. The van der Waals surface area contributed by atoms with Gasteiger partial charge in [0.1, 0.15) is 0 Å². The molecule has 0 unspecified atom stereocenters. The predicted molar refractivity (Wildman–Crippen MR) is 59.5 cm³/mol. The van der Waals surface area contributed by atoms with Crippen molar-refractivity contribution in [2.24, 2.45) is 0 Å². The summed E-state index contributed by atoms with van der Waals surface area (Å²) in [6.07, 6.45) is 0. The van der Waals surface area contributed by atoms with Crippen molar-refractivity contribution in [1.29, 1.82) is 0 Å². The van der Waals surface area contributed by atoms with Crippen molar-refractivity contribution in [3.8, 4) is 10.4 Å². The van der Waals surface area contributed by atoms with Crippen LogP contribution in [0.25, 0.3) is 10.4 Å². The molecular weight excluding hydrogens is 200 g/mol. The van der Waals surface area contributed by atoms with E-state index in [0.29, 0.717) is 0 Å². The molecule has 0 atom stereocenters.